The molecule has 0 bridgehead atoms. The summed E-state index contributed by atoms with van der Waals surface area (Å²) in [5, 5.41) is 0. The van der Waals surface area contributed by atoms with Gasteiger partial charge in [0, 0.05) is 23.3 Å². The van der Waals surface area contributed by atoms with Crippen molar-refractivity contribution in [3.05, 3.63) is 28.8 Å². The fourth-order valence-electron chi connectivity index (χ4n) is 3.42. The molecule has 1 atom stereocenters. The molecule has 19 heavy (non-hydrogen) atoms. The van der Waals surface area contributed by atoms with Gasteiger partial charge >= 0.3 is 0 Å². The van der Waals surface area contributed by atoms with E-state index in [1.54, 1.807) is 0 Å². The Bertz CT molecular complexity index is 490. The lowest BCUT2D eigenvalue weighted by molar-refractivity contribution is 0.112. The van der Waals surface area contributed by atoms with E-state index in [-0.39, 0.29) is 5.54 Å². The average molecular weight is 259 g/mol. The number of anilines is 1. The summed E-state index contributed by atoms with van der Waals surface area (Å²) in [6.45, 7) is 12.2. The predicted molar refractivity (Wildman–Crippen MR) is 81.3 cm³/mol. The van der Waals surface area contributed by atoms with Crippen LogP contribution in [0.4, 0.5) is 5.69 Å². The van der Waals surface area contributed by atoms with Crippen molar-refractivity contribution in [2.45, 2.75) is 58.9 Å². The van der Waals surface area contributed by atoms with Crippen LogP contribution in [0.1, 0.15) is 67.9 Å². The van der Waals surface area contributed by atoms with Crippen LogP contribution in [0, 0.1) is 6.92 Å². The fourth-order valence-corrected chi connectivity index (χ4v) is 3.42. The van der Waals surface area contributed by atoms with Gasteiger partial charge < -0.3 is 4.90 Å². The van der Waals surface area contributed by atoms with E-state index >= 15 is 0 Å². The molecule has 1 heterocycles. The van der Waals surface area contributed by atoms with Crippen LogP contribution in [-0.4, -0.2) is 18.4 Å². The van der Waals surface area contributed by atoms with Gasteiger partial charge in [-0.15, -0.1) is 0 Å². The SMILES string of the molecule is CCCN1c2cc(C)c(C=O)cc2[C@@H](C)CC1(C)C. The Morgan fingerprint density at radius 2 is 2.11 bits per heavy atom. The van der Waals surface area contributed by atoms with Crippen molar-refractivity contribution in [1.82, 2.24) is 0 Å². The number of benzene rings is 1. The number of aryl methyl sites for hydroxylation is 1. The zero-order chi connectivity index (χ0) is 14.2. The van der Waals surface area contributed by atoms with Gasteiger partial charge in [0.1, 0.15) is 6.29 Å². The van der Waals surface area contributed by atoms with Gasteiger partial charge in [-0.1, -0.05) is 13.8 Å². The summed E-state index contributed by atoms with van der Waals surface area (Å²) >= 11 is 0. The van der Waals surface area contributed by atoms with E-state index in [1.165, 1.54) is 11.3 Å². The van der Waals surface area contributed by atoms with Crippen molar-refractivity contribution in [2.24, 2.45) is 0 Å². The third-order valence-electron chi connectivity index (χ3n) is 4.35. The number of rotatable bonds is 3. The number of fused-ring (bicyclic) bond motifs is 1. The van der Waals surface area contributed by atoms with Crippen LogP contribution < -0.4 is 4.90 Å². The molecule has 0 unspecified atom stereocenters. The first-order valence-corrected chi connectivity index (χ1v) is 7.28. The van der Waals surface area contributed by atoms with Crippen LogP contribution in [0.5, 0.6) is 0 Å². The summed E-state index contributed by atoms with van der Waals surface area (Å²) < 4.78 is 0. The smallest absolute Gasteiger partial charge is 0.150 e. The van der Waals surface area contributed by atoms with Crippen LogP contribution >= 0.6 is 0 Å². The minimum absolute atomic E-state index is 0.192. The van der Waals surface area contributed by atoms with Gasteiger partial charge in [0.05, 0.1) is 0 Å². The molecule has 2 nitrogen and oxygen atoms in total. The minimum atomic E-state index is 0.192. The molecule has 1 aliphatic heterocycles. The molecular weight excluding hydrogens is 234 g/mol. The van der Waals surface area contributed by atoms with Gasteiger partial charge in [-0.25, -0.2) is 0 Å². The molecule has 1 aliphatic rings. The Hall–Kier alpha value is -1.31. The van der Waals surface area contributed by atoms with Crippen molar-refractivity contribution < 1.29 is 4.79 Å². The summed E-state index contributed by atoms with van der Waals surface area (Å²) in [6, 6.07) is 4.30. The second-order valence-corrected chi connectivity index (χ2v) is 6.45. The second-order valence-electron chi connectivity index (χ2n) is 6.45. The van der Waals surface area contributed by atoms with Crippen molar-refractivity contribution in [2.75, 3.05) is 11.4 Å². The lowest BCUT2D eigenvalue weighted by Gasteiger charge is -2.48. The molecule has 1 aromatic rings. The molecular formula is C17H25NO. The molecule has 0 aromatic heterocycles. The van der Waals surface area contributed by atoms with Gasteiger partial charge in [0.15, 0.2) is 0 Å². The van der Waals surface area contributed by atoms with E-state index < -0.39 is 0 Å². The third-order valence-corrected chi connectivity index (χ3v) is 4.35. The molecule has 0 N–H and O–H groups in total. The number of carbonyl (C=O) groups is 1. The third kappa shape index (κ3) is 2.41. The normalized spacial score (nSPS) is 21.1. The van der Waals surface area contributed by atoms with Crippen molar-refractivity contribution in [3.8, 4) is 0 Å². The molecule has 1 aromatic carbocycles. The number of hydrogen-bond acceptors (Lipinski definition) is 2. The van der Waals surface area contributed by atoms with Gasteiger partial charge in [-0.3, -0.25) is 4.79 Å². The summed E-state index contributed by atoms with van der Waals surface area (Å²) in [7, 11) is 0. The molecule has 0 saturated heterocycles. The molecule has 2 rings (SSSR count). The van der Waals surface area contributed by atoms with Crippen LogP contribution in [-0.2, 0) is 0 Å². The standard InChI is InChI=1S/C17H25NO/c1-6-7-18-16-8-12(2)14(11-19)9-15(16)13(3)10-17(18,4)5/h8-9,11,13H,6-7,10H2,1-5H3/t13-/m0/s1. The Morgan fingerprint density at radius 3 is 2.68 bits per heavy atom. The maximum absolute atomic E-state index is 11.1. The Labute approximate surface area is 116 Å². The highest BCUT2D eigenvalue weighted by molar-refractivity contribution is 5.80. The van der Waals surface area contributed by atoms with E-state index in [1.807, 2.05) is 6.92 Å². The van der Waals surface area contributed by atoms with E-state index in [0.29, 0.717) is 5.92 Å². The van der Waals surface area contributed by atoms with E-state index in [4.69, 9.17) is 0 Å². The maximum Gasteiger partial charge on any atom is 0.150 e. The van der Waals surface area contributed by atoms with Crippen LogP contribution in [0.2, 0.25) is 0 Å². The molecule has 0 aliphatic carbocycles. The number of aldehydes is 1. The molecule has 0 spiro atoms. The topological polar surface area (TPSA) is 20.3 Å². The Kier molecular flexibility index (Phi) is 3.71. The van der Waals surface area contributed by atoms with E-state index in [9.17, 15) is 4.79 Å². The molecule has 2 heteroatoms. The molecule has 104 valence electrons. The molecule has 0 fully saturated rings. The maximum atomic E-state index is 11.1. The van der Waals surface area contributed by atoms with Gasteiger partial charge in [-0.2, -0.15) is 0 Å². The average Bonchev–Trinajstić information content (AvgIpc) is 2.33. The molecule has 0 amide bonds. The van der Waals surface area contributed by atoms with Crippen molar-refractivity contribution in [1.29, 1.82) is 0 Å². The van der Waals surface area contributed by atoms with Gasteiger partial charge in [-0.05, 0) is 62.8 Å². The van der Waals surface area contributed by atoms with Crippen molar-refractivity contribution in [3.63, 3.8) is 0 Å². The van der Waals surface area contributed by atoms with Gasteiger partial charge in [0.2, 0.25) is 0 Å². The first-order chi connectivity index (χ1) is 8.90. The van der Waals surface area contributed by atoms with Crippen LogP contribution in [0.3, 0.4) is 0 Å². The second kappa shape index (κ2) is 4.99. The zero-order valence-corrected chi connectivity index (χ0v) is 12.8. The van der Waals surface area contributed by atoms with Crippen LogP contribution in [0.15, 0.2) is 12.1 Å². The molecule has 0 radical (unpaired) electrons. The first-order valence-electron chi connectivity index (χ1n) is 7.28. The summed E-state index contributed by atoms with van der Waals surface area (Å²) in [5.74, 6) is 0.511. The first kappa shape index (κ1) is 14.1. The summed E-state index contributed by atoms with van der Waals surface area (Å²) in [6.07, 6.45) is 3.26. The monoisotopic (exact) mass is 259 g/mol. The lowest BCUT2D eigenvalue weighted by Crippen LogP contribution is -2.48. The van der Waals surface area contributed by atoms with E-state index in [0.717, 1.165) is 36.8 Å². The number of carbonyl (C=O) groups excluding carboxylic acids is 1. The zero-order valence-electron chi connectivity index (χ0n) is 12.8. The lowest BCUT2D eigenvalue weighted by atomic mass is 9.79. The Balaban J connectivity index is 2.58. The summed E-state index contributed by atoms with van der Waals surface area (Å²) in [5.41, 5.74) is 4.77. The minimum Gasteiger partial charge on any atom is -0.366 e. The Morgan fingerprint density at radius 1 is 1.42 bits per heavy atom. The van der Waals surface area contributed by atoms with E-state index in [2.05, 4.69) is 44.7 Å². The van der Waals surface area contributed by atoms with Crippen LogP contribution in [0.25, 0.3) is 0 Å². The quantitative estimate of drug-likeness (QED) is 0.754. The van der Waals surface area contributed by atoms with Crippen molar-refractivity contribution >= 4 is 12.0 Å². The predicted octanol–water partition coefficient (Wildman–Crippen LogP) is 4.31. The summed E-state index contributed by atoms with van der Waals surface area (Å²) in [4.78, 5) is 13.7. The highest BCUT2D eigenvalue weighted by Crippen LogP contribution is 2.44. The number of hydrogen-bond donors (Lipinski definition) is 0. The fraction of sp³-hybridized carbons (Fsp3) is 0.588. The highest BCUT2D eigenvalue weighted by atomic mass is 16.1. The molecule has 0 saturated carbocycles. The number of nitrogens with zero attached hydrogens (tertiary/aromatic N) is 1. The highest BCUT2D eigenvalue weighted by Gasteiger charge is 2.36. The largest absolute Gasteiger partial charge is 0.366 e. The van der Waals surface area contributed by atoms with Gasteiger partial charge in [0.25, 0.3) is 0 Å².